The molecule has 1 N–H and O–H groups in total. The highest BCUT2D eigenvalue weighted by molar-refractivity contribution is 6.62. The molecule has 3 aromatic rings. The van der Waals surface area contributed by atoms with Crippen molar-refractivity contribution in [2.45, 2.75) is 71.8 Å². The highest BCUT2D eigenvalue weighted by Crippen LogP contribution is 2.37. The molecule has 0 bridgehead atoms. The SMILES string of the molecule is Cc1c(Nc2nc(N3CCC3)nc3c2CCN(Cc2ccccc2)C3)cccc1B1OC(C)(C)C(C)(C)O1. The van der Waals surface area contributed by atoms with Crippen molar-refractivity contribution < 1.29 is 9.31 Å². The van der Waals surface area contributed by atoms with Gasteiger partial charge in [-0.15, -0.1) is 0 Å². The smallest absolute Gasteiger partial charge is 0.399 e. The molecule has 0 atom stereocenters. The maximum Gasteiger partial charge on any atom is 0.495 e. The van der Waals surface area contributed by atoms with Gasteiger partial charge in [-0.1, -0.05) is 42.5 Å². The Morgan fingerprint density at radius 2 is 1.66 bits per heavy atom. The number of anilines is 3. The largest absolute Gasteiger partial charge is 0.495 e. The first kappa shape index (κ1) is 25.3. The fourth-order valence-electron chi connectivity index (χ4n) is 5.35. The lowest BCUT2D eigenvalue weighted by atomic mass is 9.76. The summed E-state index contributed by atoms with van der Waals surface area (Å²) in [5, 5.41) is 3.71. The molecule has 0 radical (unpaired) electrons. The predicted octanol–water partition coefficient (Wildman–Crippen LogP) is 4.60. The quantitative estimate of drug-likeness (QED) is 0.486. The molecule has 7 nitrogen and oxygen atoms in total. The minimum Gasteiger partial charge on any atom is -0.399 e. The highest BCUT2D eigenvalue weighted by Gasteiger charge is 2.52. The number of hydrogen-bond acceptors (Lipinski definition) is 7. The molecular formula is C30H38BN5O2. The minimum atomic E-state index is -0.399. The lowest BCUT2D eigenvalue weighted by molar-refractivity contribution is 0.00578. The molecule has 2 fully saturated rings. The van der Waals surface area contributed by atoms with Gasteiger partial charge < -0.3 is 19.5 Å². The van der Waals surface area contributed by atoms with Gasteiger partial charge >= 0.3 is 7.12 Å². The van der Waals surface area contributed by atoms with Crippen LogP contribution in [0.15, 0.2) is 48.5 Å². The molecule has 0 aliphatic carbocycles. The van der Waals surface area contributed by atoms with Crippen molar-refractivity contribution in [3.8, 4) is 0 Å². The van der Waals surface area contributed by atoms with Crippen molar-refractivity contribution in [3.05, 3.63) is 70.9 Å². The normalized spacial score (nSPS) is 20.2. The molecule has 6 rings (SSSR count). The maximum absolute atomic E-state index is 6.37. The number of aromatic nitrogens is 2. The van der Waals surface area contributed by atoms with Crippen LogP contribution in [0.25, 0.3) is 0 Å². The van der Waals surface area contributed by atoms with Crippen LogP contribution in [0.3, 0.4) is 0 Å². The van der Waals surface area contributed by atoms with Crippen molar-refractivity contribution in [1.29, 1.82) is 0 Å². The van der Waals surface area contributed by atoms with Crippen LogP contribution in [0.5, 0.6) is 0 Å². The summed E-state index contributed by atoms with van der Waals surface area (Å²) < 4.78 is 12.7. The number of nitrogens with one attached hydrogen (secondary N) is 1. The van der Waals surface area contributed by atoms with Crippen LogP contribution in [0.2, 0.25) is 0 Å². The first-order valence-corrected chi connectivity index (χ1v) is 13.8. The summed E-state index contributed by atoms with van der Waals surface area (Å²) in [4.78, 5) is 14.9. The molecule has 0 amide bonds. The van der Waals surface area contributed by atoms with Crippen molar-refractivity contribution >= 4 is 30.0 Å². The second-order valence-corrected chi connectivity index (χ2v) is 11.8. The Hall–Kier alpha value is -2.94. The maximum atomic E-state index is 6.37. The highest BCUT2D eigenvalue weighted by atomic mass is 16.7. The van der Waals surface area contributed by atoms with Crippen LogP contribution in [0.1, 0.15) is 56.5 Å². The van der Waals surface area contributed by atoms with E-state index in [-0.39, 0.29) is 11.2 Å². The summed E-state index contributed by atoms with van der Waals surface area (Å²) in [5.41, 5.74) is 6.12. The third-order valence-electron chi connectivity index (χ3n) is 8.66. The lowest BCUT2D eigenvalue weighted by Crippen LogP contribution is -2.41. The molecule has 4 heterocycles. The fourth-order valence-corrected chi connectivity index (χ4v) is 5.35. The Morgan fingerprint density at radius 3 is 2.34 bits per heavy atom. The molecule has 3 aliphatic heterocycles. The van der Waals surface area contributed by atoms with Gasteiger partial charge in [-0.05, 0) is 70.1 Å². The fraction of sp³-hybridized carbons (Fsp3) is 0.467. The summed E-state index contributed by atoms with van der Waals surface area (Å²) in [6.45, 7) is 15.3. The van der Waals surface area contributed by atoms with Crippen molar-refractivity contribution in [3.63, 3.8) is 0 Å². The molecule has 2 aromatic carbocycles. The number of nitrogens with zero attached hydrogens (tertiary/aromatic N) is 4. The third-order valence-corrected chi connectivity index (χ3v) is 8.66. The van der Waals surface area contributed by atoms with E-state index in [9.17, 15) is 0 Å². The van der Waals surface area contributed by atoms with E-state index in [4.69, 9.17) is 19.3 Å². The van der Waals surface area contributed by atoms with E-state index in [0.29, 0.717) is 0 Å². The van der Waals surface area contributed by atoms with Crippen LogP contribution in [-0.2, 0) is 28.8 Å². The van der Waals surface area contributed by atoms with Gasteiger partial charge in [-0.3, -0.25) is 4.90 Å². The summed E-state index contributed by atoms with van der Waals surface area (Å²) in [5.74, 6) is 1.75. The van der Waals surface area contributed by atoms with Gasteiger partial charge in [-0.2, -0.15) is 4.98 Å². The molecule has 0 spiro atoms. The molecule has 38 heavy (non-hydrogen) atoms. The summed E-state index contributed by atoms with van der Waals surface area (Å²) in [7, 11) is -0.399. The van der Waals surface area contributed by atoms with Gasteiger partial charge in [0.2, 0.25) is 5.95 Å². The second kappa shape index (κ2) is 9.67. The zero-order valence-corrected chi connectivity index (χ0v) is 23.3. The number of fused-ring (bicyclic) bond motifs is 1. The van der Waals surface area contributed by atoms with Gasteiger partial charge in [0.05, 0.1) is 16.9 Å². The molecule has 0 saturated carbocycles. The van der Waals surface area contributed by atoms with E-state index in [1.54, 1.807) is 0 Å². The zero-order valence-electron chi connectivity index (χ0n) is 23.3. The molecule has 0 unspecified atom stereocenters. The molecule has 2 saturated heterocycles. The van der Waals surface area contributed by atoms with Crippen LogP contribution >= 0.6 is 0 Å². The van der Waals surface area contributed by atoms with Crippen LogP contribution in [0, 0.1) is 6.92 Å². The van der Waals surface area contributed by atoms with Gasteiger partial charge in [0.25, 0.3) is 0 Å². The van der Waals surface area contributed by atoms with Gasteiger partial charge in [0, 0.05) is 44.0 Å². The average Bonchev–Trinajstić information content (AvgIpc) is 3.06. The molecule has 8 heteroatoms. The predicted molar refractivity (Wildman–Crippen MR) is 153 cm³/mol. The van der Waals surface area contributed by atoms with Crippen molar-refractivity contribution in [2.75, 3.05) is 29.9 Å². The minimum absolute atomic E-state index is 0.378. The molecule has 3 aliphatic rings. The Morgan fingerprint density at radius 1 is 0.921 bits per heavy atom. The van der Waals surface area contributed by atoms with Gasteiger partial charge in [0.1, 0.15) is 5.82 Å². The van der Waals surface area contributed by atoms with Gasteiger partial charge in [-0.25, -0.2) is 4.98 Å². The third kappa shape index (κ3) is 4.70. The second-order valence-electron chi connectivity index (χ2n) is 11.8. The Labute approximate surface area is 226 Å². The number of hydrogen-bond donors (Lipinski definition) is 1. The topological polar surface area (TPSA) is 62.8 Å². The summed E-state index contributed by atoms with van der Waals surface area (Å²) >= 11 is 0. The van der Waals surface area contributed by atoms with E-state index < -0.39 is 7.12 Å². The number of rotatable bonds is 6. The van der Waals surface area contributed by atoms with Crippen molar-refractivity contribution in [2.24, 2.45) is 0 Å². The van der Waals surface area contributed by atoms with Crippen LogP contribution in [-0.4, -0.2) is 52.8 Å². The van der Waals surface area contributed by atoms with Crippen LogP contribution in [0.4, 0.5) is 17.5 Å². The monoisotopic (exact) mass is 511 g/mol. The Kier molecular flexibility index (Phi) is 6.45. The van der Waals surface area contributed by atoms with E-state index in [1.165, 1.54) is 17.5 Å². The molecular weight excluding hydrogens is 473 g/mol. The average molecular weight is 511 g/mol. The standard InChI is InChI=1S/C30H38BN5O2/c1-21-24(31-37-29(2,3)30(4,5)38-31)13-9-14-25(21)32-27-23-15-18-35(19-22-11-7-6-8-12-22)20-26(23)33-28(34-27)36-16-10-17-36/h6-9,11-14H,10,15-20H2,1-5H3,(H,32,33,34). The van der Waals surface area contributed by atoms with E-state index >= 15 is 0 Å². The van der Waals surface area contributed by atoms with E-state index in [1.807, 2.05) is 0 Å². The van der Waals surface area contributed by atoms with Crippen molar-refractivity contribution in [1.82, 2.24) is 14.9 Å². The first-order valence-electron chi connectivity index (χ1n) is 13.8. The Balaban J connectivity index is 1.29. The first-order chi connectivity index (χ1) is 18.2. The summed E-state index contributed by atoms with van der Waals surface area (Å²) in [6, 6.07) is 17.0. The lowest BCUT2D eigenvalue weighted by Gasteiger charge is -2.34. The number of benzene rings is 2. The zero-order chi connectivity index (χ0) is 26.5. The Bertz CT molecular complexity index is 1310. The van der Waals surface area contributed by atoms with Gasteiger partial charge in [0.15, 0.2) is 0 Å². The van der Waals surface area contributed by atoms with E-state index in [0.717, 1.165) is 73.3 Å². The van der Waals surface area contributed by atoms with Crippen LogP contribution < -0.4 is 15.7 Å². The van der Waals surface area contributed by atoms with E-state index in [2.05, 4.69) is 98.3 Å². The molecule has 198 valence electrons. The summed E-state index contributed by atoms with van der Waals surface area (Å²) in [6.07, 6.45) is 2.11. The molecule has 1 aromatic heterocycles.